The largest absolute Gasteiger partial charge is 0.497 e. The molecule has 0 saturated heterocycles. The summed E-state index contributed by atoms with van der Waals surface area (Å²) in [5.74, 6) is 0.430. The van der Waals surface area contributed by atoms with Crippen LogP contribution in [0.4, 0.5) is 4.39 Å². The fourth-order valence-corrected chi connectivity index (χ4v) is 2.50. The SMILES string of the molecule is COc1ccc2c(c1)C(O)C(Oc1ccccc1F)C2. The van der Waals surface area contributed by atoms with Gasteiger partial charge < -0.3 is 14.6 Å². The van der Waals surface area contributed by atoms with Crippen LogP contribution >= 0.6 is 0 Å². The van der Waals surface area contributed by atoms with Gasteiger partial charge in [0.15, 0.2) is 11.6 Å². The van der Waals surface area contributed by atoms with E-state index < -0.39 is 18.0 Å². The Morgan fingerprint density at radius 2 is 2.00 bits per heavy atom. The first kappa shape index (κ1) is 12.9. The molecule has 0 heterocycles. The van der Waals surface area contributed by atoms with Gasteiger partial charge in [-0.15, -0.1) is 0 Å². The van der Waals surface area contributed by atoms with Crippen molar-refractivity contribution >= 4 is 0 Å². The van der Waals surface area contributed by atoms with Gasteiger partial charge in [0.2, 0.25) is 0 Å². The first-order valence-corrected chi connectivity index (χ1v) is 6.45. The lowest BCUT2D eigenvalue weighted by molar-refractivity contribution is 0.0468. The molecule has 0 saturated carbocycles. The maximum absolute atomic E-state index is 13.6. The van der Waals surface area contributed by atoms with Crippen molar-refractivity contribution in [2.45, 2.75) is 18.6 Å². The first-order valence-electron chi connectivity index (χ1n) is 6.45. The van der Waals surface area contributed by atoms with Gasteiger partial charge in [-0.05, 0) is 35.4 Å². The number of methoxy groups -OCH3 is 1. The molecule has 1 aliphatic rings. The second-order valence-electron chi connectivity index (χ2n) is 4.80. The van der Waals surface area contributed by atoms with Crippen molar-refractivity contribution in [1.29, 1.82) is 0 Å². The number of benzene rings is 2. The van der Waals surface area contributed by atoms with E-state index in [0.29, 0.717) is 12.2 Å². The van der Waals surface area contributed by atoms with E-state index in [9.17, 15) is 9.50 Å². The molecule has 3 rings (SSSR count). The summed E-state index contributed by atoms with van der Waals surface area (Å²) >= 11 is 0. The molecule has 0 fully saturated rings. The Morgan fingerprint density at radius 3 is 2.75 bits per heavy atom. The Kier molecular flexibility index (Phi) is 3.32. The zero-order chi connectivity index (χ0) is 14.1. The minimum atomic E-state index is -0.778. The van der Waals surface area contributed by atoms with Crippen LogP contribution in [0.5, 0.6) is 11.5 Å². The Labute approximate surface area is 116 Å². The molecule has 4 heteroatoms. The van der Waals surface area contributed by atoms with Gasteiger partial charge in [-0.1, -0.05) is 18.2 Å². The van der Waals surface area contributed by atoms with Gasteiger partial charge in [-0.25, -0.2) is 4.39 Å². The number of hydrogen-bond donors (Lipinski definition) is 1. The topological polar surface area (TPSA) is 38.7 Å². The van der Waals surface area contributed by atoms with Crippen LogP contribution in [0, 0.1) is 5.82 Å². The van der Waals surface area contributed by atoms with Crippen molar-refractivity contribution < 1.29 is 19.0 Å². The van der Waals surface area contributed by atoms with E-state index in [1.165, 1.54) is 6.07 Å². The standard InChI is InChI=1S/C16H15FO3/c1-19-11-7-6-10-8-15(16(18)12(10)9-11)20-14-5-3-2-4-13(14)17/h2-7,9,15-16,18H,8H2,1H3. The van der Waals surface area contributed by atoms with Crippen molar-refractivity contribution in [2.24, 2.45) is 0 Å². The van der Waals surface area contributed by atoms with Gasteiger partial charge in [-0.2, -0.15) is 0 Å². The molecule has 0 radical (unpaired) electrons. The third-order valence-electron chi connectivity index (χ3n) is 3.56. The lowest BCUT2D eigenvalue weighted by Crippen LogP contribution is -2.22. The van der Waals surface area contributed by atoms with Gasteiger partial charge in [-0.3, -0.25) is 0 Å². The lowest BCUT2D eigenvalue weighted by Gasteiger charge is -2.18. The predicted octanol–water partition coefficient (Wildman–Crippen LogP) is 2.87. The highest BCUT2D eigenvalue weighted by molar-refractivity contribution is 5.42. The molecule has 0 bridgehead atoms. The highest BCUT2D eigenvalue weighted by atomic mass is 19.1. The summed E-state index contributed by atoms with van der Waals surface area (Å²) in [5.41, 5.74) is 1.78. The molecule has 0 aromatic heterocycles. The predicted molar refractivity (Wildman–Crippen MR) is 72.5 cm³/mol. The molecule has 2 aromatic rings. The van der Waals surface area contributed by atoms with Crippen LogP contribution < -0.4 is 9.47 Å². The van der Waals surface area contributed by atoms with Crippen LogP contribution in [0.3, 0.4) is 0 Å². The summed E-state index contributed by atoms with van der Waals surface area (Å²) in [6.07, 6.45) is -0.705. The van der Waals surface area contributed by atoms with Gasteiger partial charge >= 0.3 is 0 Å². The van der Waals surface area contributed by atoms with E-state index >= 15 is 0 Å². The molecule has 0 aliphatic heterocycles. The summed E-state index contributed by atoms with van der Waals surface area (Å²) < 4.78 is 24.3. The summed E-state index contributed by atoms with van der Waals surface area (Å²) in [4.78, 5) is 0. The minimum absolute atomic E-state index is 0.163. The summed E-state index contributed by atoms with van der Waals surface area (Å²) in [5, 5.41) is 10.3. The molecular weight excluding hydrogens is 259 g/mol. The van der Waals surface area contributed by atoms with Gasteiger partial charge in [0, 0.05) is 6.42 Å². The summed E-state index contributed by atoms with van der Waals surface area (Å²) in [6, 6.07) is 11.8. The molecule has 2 unspecified atom stereocenters. The molecule has 0 spiro atoms. The van der Waals surface area contributed by atoms with Crippen LogP contribution in [0.2, 0.25) is 0 Å². The highest BCUT2D eigenvalue weighted by Crippen LogP contribution is 2.36. The number of aliphatic hydroxyl groups excluding tert-OH is 1. The maximum atomic E-state index is 13.6. The van der Waals surface area contributed by atoms with E-state index in [1.54, 1.807) is 31.4 Å². The molecule has 1 aliphatic carbocycles. The van der Waals surface area contributed by atoms with Crippen LogP contribution in [0.15, 0.2) is 42.5 Å². The van der Waals surface area contributed by atoms with E-state index in [1.807, 2.05) is 12.1 Å². The van der Waals surface area contributed by atoms with Crippen molar-refractivity contribution in [3.05, 3.63) is 59.4 Å². The Balaban J connectivity index is 1.83. The van der Waals surface area contributed by atoms with Crippen LogP contribution in [0.1, 0.15) is 17.2 Å². The number of halogens is 1. The highest BCUT2D eigenvalue weighted by Gasteiger charge is 2.33. The number of para-hydroxylation sites is 1. The molecule has 1 N–H and O–H groups in total. The van der Waals surface area contributed by atoms with Crippen LogP contribution in [0.25, 0.3) is 0 Å². The van der Waals surface area contributed by atoms with Crippen LogP contribution in [-0.4, -0.2) is 18.3 Å². The van der Waals surface area contributed by atoms with E-state index in [0.717, 1.165) is 11.1 Å². The van der Waals surface area contributed by atoms with Gasteiger partial charge in [0.05, 0.1) is 7.11 Å². The summed E-state index contributed by atoms with van der Waals surface area (Å²) in [7, 11) is 1.58. The molecule has 104 valence electrons. The summed E-state index contributed by atoms with van der Waals surface area (Å²) in [6.45, 7) is 0. The third kappa shape index (κ3) is 2.23. The monoisotopic (exact) mass is 274 g/mol. The average Bonchev–Trinajstić information content (AvgIpc) is 2.77. The van der Waals surface area contributed by atoms with Crippen molar-refractivity contribution in [1.82, 2.24) is 0 Å². The van der Waals surface area contributed by atoms with Crippen LogP contribution in [-0.2, 0) is 6.42 Å². The van der Waals surface area contributed by atoms with Crippen molar-refractivity contribution in [2.75, 3.05) is 7.11 Å². The third-order valence-corrected chi connectivity index (χ3v) is 3.56. The normalized spacial score (nSPS) is 20.6. The van der Waals surface area contributed by atoms with Crippen molar-refractivity contribution in [3.8, 4) is 11.5 Å². The number of ether oxygens (including phenoxy) is 2. The molecule has 2 atom stereocenters. The smallest absolute Gasteiger partial charge is 0.165 e. The van der Waals surface area contributed by atoms with Crippen molar-refractivity contribution in [3.63, 3.8) is 0 Å². The number of aliphatic hydroxyl groups is 1. The first-order chi connectivity index (χ1) is 9.69. The van der Waals surface area contributed by atoms with E-state index in [2.05, 4.69) is 0 Å². The zero-order valence-corrected chi connectivity index (χ0v) is 11.0. The molecule has 2 aromatic carbocycles. The Morgan fingerprint density at radius 1 is 1.20 bits per heavy atom. The molecule has 3 nitrogen and oxygen atoms in total. The van der Waals surface area contributed by atoms with E-state index in [-0.39, 0.29) is 5.75 Å². The fourth-order valence-electron chi connectivity index (χ4n) is 2.50. The van der Waals surface area contributed by atoms with Gasteiger partial charge in [0.25, 0.3) is 0 Å². The average molecular weight is 274 g/mol. The Hall–Kier alpha value is -2.07. The second-order valence-corrected chi connectivity index (χ2v) is 4.80. The number of rotatable bonds is 3. The van der Waals surface area contributed by atoms with E-state index in [4.69, 9.17) is 9.47 Å². The molecular formula is C16H15FO3. The quantitative estimate of drug-likeness (QED) is 0.935. The zero-order valence-electron chi connectivity index (χ0n) is 11.0. The van der Waals surface area contributed by atoms with Gasteiger partial charge in [0.1, 0.15) is 18.0 Å². The molecule has 0 amide bonds. The molecule has 20 heavy (non-hydrogen) atoms. The number of fused-ring (bicyclic) bond motifs is 1. The number of hydrogen-bond acceptors (Lipinski definition) is 3. The maximum Gasteiger partial charge on any atom is 0.165 e. The lowest BCUT2D eigenvalue weighted by atomic mass is 10.1. The fraction of sp³-hybridized carbons (Fsp3) is 0.250. The minimum Gasteiger partial charge on any atom is -0.497 e. The Bertz CT molecular complexity index is 627. The second kappa shape index (κ2) is 5.13.